The molecule has 0 fully saturated rings. The molecule has 0 amide bonds. The summed E-state index contributed by atoms with van der Waals surface area (Å²) in [5.41, 5.74) is 0. The predicted molar refractivity (Wildman–Crippen MR) is 41.0 cm³/mol. The molecule has 0 heteroatoms. The second-order valence-electron chi connectivity index (χ2n) is 1.33. The summed E-state index contributed by atoms with van der Waals surface area (Å²) in [5, 5.41) is 0. The molecule has 0 unspecified atom stereocenters. The molecule has 0 aliphatic rings. The SMILES string of the molecule is CC=CC.CC=CC. The van der Waals surface area contributed by atoms with Crippen LogP contribution in [0.3, 0.4) is 0 Å². The minimum absolute atomic E-state index is 2.00. The van der Waals surface area contributed by atoms with Crippen molar-refractivity contribution in [3.8, 4) is 0 Å². The van der Waals surface area contributed by atoms with E-state index in [0.29, 0.717) is 0 Å². The lowest BCUT2D eigenvalue weighted by atomic mass is 10.6. The van der Waals surface area contributed by atoms with Gasteiger partial charge in [0.25, 0.3) is 0 Å². The highest BCUT2D eigenvalue weighted by atomic mass is 13.4. The molecule has 0 heterocycles. The van der Waals surface area contributed by atoms with E-state index in [-0.39, 0.29) is 0 Å². The lowest BCUT2D eigenvalue weighted by Gasteiger charge is -1.49. The van der Waals surface area contributed by atoms with Gasteiger partial charge in [0.05, 0.1) is 0 Å². The Kier molecular flexibility index (Phi) is 21.0. The summed E-state index contributed by atoms with van der Waals surface area (Å²) in [6, 6.07) is 0. The molecule has 0 rings (SSSR count). The summed E-state index contributed by atoms with van der Waals surface area (Å²) in [4.78, 5) is 0. The number of hydrogen-bond donors (Lipinski definition) is 0. The Labute approximate surface area is 52.9 Å². The largest absolute Gasteiger partial charge is 0.0919 e. The van der Waals surface area contributed by atoms with Crippen molar-refractivity contribution in [3.05, 3.63) is 24.3 Å². The molecular formula is C8H16. The highest BCUT2D eigenvalue weighted by Gasteiger charge is 1.34. The van der Waals surface area contributed by atoms with Gasteiger partial charge < -0.3 is 0 Å². The summed E-state index contributed by atoms with van der Waals surface area (Å²) in [6.07, 6.45) is 8.00. The molecule has 0 aliphatic carbocycles. The maximum atomic E-state index is 2.00. The van der Waals surface area contributed by atoms with E-state index >= 15 is 0 Å². The van der Waals surface area contributed by atoms with E-state index in [4.69, 9.17) is 0 Å². The van der Waals surface area contributed by atoms with E-state index in [2.05, 4.69) is 0 Å². The van der Waals surface area contributed by atoms with E-state index in [1.165, 1.54) is 0 Å². The van der Waals surface area contributed by atoms with E-state index in [0.717, 1.165) is 0 Å². The van der Waals surface area contributed by atoms with Gasteiger partial charge in [0, 0.05) is 0 Å². The molecule has 0 spiro atoms. The molecule has 0 bridgehead atoms. The minimum atomic E-state index is 2.00. The summed E-state index contributed by atoms with van der Waals surface area (Å²) in [5.74, 6) is 0. The molecule has 8 heavy (non-hydrogen) atoms. The second-order valence-corrected chi connectivity index (χ2v) is 1.33. The van der Waals surface area contributed by atoms with E-state index in [9.17, 15) is 0 Å². The fraction of sp³-hybridized carbons (Fsp3) is 0.500. The zero-order valence-electron chi connectivity index (χ0n) is 6.31. The third-order valence-corrected chi connectivity index (χ3v) is 0.667. The third-order valence-electron chi connectivity index (χ3n) is 0.667. The summed E-state index contributed by atoms with van der Waals surface area (Å²) >= 11 is 0. The lowest BCUT2D eigenvalue weighted by Crippen LogP contribution is -1.26. The Balaban J connectivity index is 0. The van der Waals surface area contributed by atoms with Crippen LogP contribution in [0, 0.1) is 0 Å². The predicted octanol–water partition coefficient (Wildman–Crippen LogP) is 3.16. The van der Waals surface area contributed by atoms with Crippen LogP contribution in [0.25, 0.3) is 0 Å². The van der Waals surface area contributed by atoms with Gasteiger partial charge in [-0.05, 0) is 27.7 Å². The van der Waals surface area contributed by atoms with Crippen molar-refractivity contribution in [2.75, 3.05) is 0 Å². The Morgan fingerprint density at radius 2 is 0.625 bits per heavy atom. The number of allylic oxidation sites excluding steroid dienone is 4. The highest BCUT2D eigenvalue weighted by molar-refractivity contribution is 4.68. The van der Waals surface area contributed by atoms with Gasteiger partial charge in [-0.1, -0.05) is 24.3 Å². The Bertz CT molecular complexity index is 40.4. The first-order valence-electron chi connectivity index (χ1n) is 2.98. The molecule has 0 nitrogen and oxygen atoms in total. The molecule has 0 aromatic carbocycles. The molecule has 48 valence electrons. The molecule has 0 saturated carbocycles. The molecule has 0 aromatic heterocycles. The summed E-state index contributed by atoms with van der Waals surface area (Å²) in [6.45, 7) is 8.00. The van der Waals surface area contributed by atoms with E-state index in [1.54, 1.807) is 0 Å². The van der Waals surface area contributed by atoms with Crippen LogP contribution in [0.4, 0.5) is 0 Å². The van der Waals surface area contributed by atoms with Gasteiger partial charge in [-0.2, -0.15) is 0 Å². The van der Waals surface area contributed by atoms with Gasteiger partial charge in [-0.25, -0.2) is 0 Å². The fourth-order valence-corrected chi connectivity index (χ4v) is 0. The van der Waals surface area contributed by atoms with Gasteiger partial charge in [0.2, 0.25) is 0 Å². The Morgan fingerprint density at radius 1 is 0.500 bits per heavy atom. The molecule has 0 aliphatic heterocycles. The van der Waals surface area contributed by atoms with Crippen LogP contribution in [-0.2, 0) is 0 Å². The molecule has 0 aromatic rings. The van der Waals surface area contributed by atoms with Crippen molar-refractivity contribution in [3.63, 3.8) is 0 Å². The highest BCUT2D eigenvalue weighted by Crippen LogP contribution is 1.57. The zero-order chi connectivity index (χ0) is 6.83. The van der Waals surface area contributed by atoms with Crippen LogP contribution in [0.15, 0.2) is 24.3 Å². The van der Waals surface area contributed by atoms with E-state index < -0.39 is 0 Å². The first-order valence-corrected chi connectivity index (χ1v) is 2.98. The lowest BCUT2D eigenvalue weighted by molar-refractivity contribution is 1.64. The van der Waals surface area contributed by atoms with Gasteiger partial charge in [0.15, 0.2) is 0 Å². The van der Waals surface area contributed by atoms with Gasteiger partial charge in [-0.15, -0.1) is 0 Å². The second kappa shape index (κ2) is 16.1. The molecule has 0 N–H and O–H groups in total. The fourth-order valence-electron chi connectivity index (χ4n) is 0. The zero-order valence-corrected chi connectivity index (χ0v) is 6.31. The van der Waals surface area contributed by atoms with E-state index in [1.807, 2.05) is 52.0 Å². The minimum Gasteiger partial charge on any atom is -0.0919 e. The molecule has 0 radical (unpaired) electrons. The average molecular weight is 112 g/mol. The van der Waals surface area contributed by atoms with Crippen molar-refractivity contribution in [2.45, 2.75) is 27.7 Å². The normalized spacial score (nSPS) is 9.50. The summed E-state index contributed by atoms with van der Waals surface area (Å²) in [7, 11) is 0. The maximum absolute atomic E-state index is 2.00. The quantitative estimate of drug-likeness (QED) is 0.422. The summed E-state index contributed by atoms with van der Waals surface area (Å²) < 4.78 is 0. The van der Waals surface area contributed by atoms with Crippen molar-refractivity contribution < 1.29 is 0 Å². The Morgan fingerprint density at radius 3 is 0.625 bits per heavy atom. The van der Waals surface area contributed by atoms with Crippen molar-refractivity contribution in [2.24, 2.45) is 0 Å². The van der Waals surface area contributed by atoms with Crippen LogP contribution in [0.5, 0.6) is 0 Å². The average Bonchev–Trinajstić information content (AvgIpc) is 1.88. The maximum Gasteiger partial charge on any atom is -0.0470 e. The first kappa shape index (κ1) is 10.5. The van der Waals surface area contributed by atoms with Crippen molar-refractivity contribution in [1.82, 2.24) is 0 Å². The van der Waals surface area contributed by atoms with Crippen molar-refractivity contribution >= 4 is 0 Å². The number of hydrogen-bond acceptors (Lipinski definition) is 0. The monoisotopic (exact) mass is 112 g/mol. The topological polar surface area (TPSA) is 0 Å². The smallest absolute Gasteiger partial charge is 0.0470 e. The molecule has 0 atom stereocenters. The van der Waals surface area contributed by atoms with Gasteiger partial charge >= 0.3 is 0 Å². The molecule has 0 saturated heterocycles. The van der Waals surface area contributed by atoms with Crippen LogP contribution in [0.1, 0.15) is 27.7 Å². The van der Waals surface area contributed by atoms with Gasteiger partial charge in [0.1, 0.15) is 0 Å². The third kappa shape index (κ3) is 50.2. The first-order chi connectivity index (χ1) is 3.83. The van der Waals surface area contributed by atoms with Crippen LogP contribution in [-0.4, -0.2) is 0 Å². The Hall–Kier alpha value is -0.520. The molecular weight excluding hydrogens is 96.1 g/mol. The van der Waals surface area contributed by atoms with Gasteiger partial charge in [-0.3, -0.25) is 0 Å². The standard InChI is InChI=1S/2C4H8/c2*1-3-4-2/h2*3-4H,1-2H3. The van der Waals surface area contributed by atoms with Crippen LogP contribution < -0.4 is 0 Å². The van der Waals surface area contributed by atoms with Crippen molar-refractivity contribution in [1.29, 1.82) is 0 Å². The van der Waals surface area contributed by atoms with Crippen LogP contribution in [0.2, 0.25) is 0 Å². The van der Waals surface area contributed by atoms with Crippen LogP contribution >= 0.6 is 0 Å². The number of rotatable bonds is 0.